The fourth-order valence-electron chi connectivity index (χ4n) is 4.19. The molecular formula is C13H20O3. The molecule has 1 saturated heterocycles. The van der Waals surface area contributed by atoms with E-state index in [9.17, 15) is 9.90 Å². The Morgan fingerprint density at radius 3 is 2.88 bits per heavy atom. The van der Waals surface area contributed by atoms with Crippen LogP contribution in [0.4, 0.5) is 0 Å². The Hall–Kier alpha value is -0.570. The largest absolute Gasteiger partial charge is 0.462 e. The second-order valence-corrected chi connectivity index (χ2v) is 5.76. The van der Waals surface area contributed by atoms with Crippen molar-refractivity contribution in [2.45, 2.75) is 51.2 Å². The predicted molar refractivity (Wildman–Crippen MR) is 58.6 cm³/mol. The summed E-state index contributed by atoms with van der Waals surface area (Å²) in [6.45, 7) is 1.93. The fourth-order valence-corrected chi connectivity index (χ4v) is 4.19. The smallest absolute Gasteiger partial charge is 0.309 e. The SMILES string of the molecule is C[C@H]1OC(=O)[C@@H]2CC3CCCCC3[C@H](O)[C@H]12. The monoisotopic (exact) mass is 224 g/mol. The minimum atomic E-state index is -0.314. The summed E-state index contributed by atoms with van der Waals surface area (Å²) in [7, 11) is 0. The topological polar surface area (TPSA) is 46.5 Å². The molecule has 0 aromatic carbocycles. The van der Waals surface area contributed by atoms with Crippen molar-refractivity contribution in [1.82, 2.24) is 0 Å². The average molecular weight is 224 g/mol. The third-order valence-electron chi connectivity index (χ3n) is 4.97. The van der Waals surface area contributed by atoms with Crippen molar-refractivity contribution in [3.63, 3.8) is 0 Å². The van der Waals surface area contributed by atoms with Crippen LogP contribution in [0.2, 0.25) is 0 Å². The maximum atomic E-state index is 11.7. The van der Waals surface area contributed by atoms with Crippen LogP contribution >= 0.6 is 0 Å². The molecule has 1 N–H and O–H groups in total. The third kappa shape index (κ3) is 1.41. The van der Waals surface area contributed by atoms with Crippen molar-refractivity contribution in [1.29, 1.82) is 0 Å². The molecule has 2 saturated carbocycles. The lowest BCUT2D eigenvalue weighted by atomic mass is 9.61. The van der Waals surface area contributed by atoms with Gasteiger partial charge in [-0.25, -0.2) is 0 Å². The number of cyclic esters (lactones) is 1. The molecule has 0 aromatic rings. The number of fused-ring (bicyclic) bond motifs is 2. The van der Waals surface area contributed by atoms with Gasteiger partial charge in [-0.05, 0) is 31.6 Å². The Labute approximate surface area is 96.2 Å². The lowest BCUT2D eigenvalue weighted by molar-refractivity contribution is -0.144. The van der Waals surface area contributed by atoms with Crippen LogP contribution in [0.25, 0.3) is 0 Å². The highest BCUT2D eigenvalue weighted by Gasteiger charge is 2.54. The highest BCUT2D eigenvalue weighted by Crippen LogP contribution is 2.49. The van der Waals surface area contributed by atoms with Gasteiger partial charge in [-0.1, -0.05) is 19.3 Å². The van der Waals surface area contributed by atoms with Crippen LogP contribution in [0, 0.1) is 23.7 Å². The fraction of sp³-hybridized carbons (Fsp3) is 0.923. The molecule has 0 radical (unpaired) electrons. The first kappa shape index (κ1) is 10.6. The summed E-state index contributed by atoms with van der Waals surface area (Å²) in [5, 5.41) is 10.4. The van der Waals surface area contributed by atoms with E-state index in [0.29, 0.717) is 11.8 Å². The van der Waals surface area contributed by atoms with Crippen molar-refractivity contribution in [2.24, 2.45) is 23.7 Å². The molecule has 0 amide bonds. The van der Waals surface area contributed by atoms with Crippen LogP contribution in [0.3, 0.4) is 0 Å². The summed E-state index contributed by atoms with van der Waals surface area (Å²) >= 11 is 0. The number of esters is 1. The van der Waals surface area contributed by atoms with E-state index in [1.165, 1.54) is 19.3 Å². The Morgan fingerprint density at radius 2 is 2.06 bits per heavy atom. The van der Waals surface area contributed by atoms with Crippen LogP contribution < -0.4 is 0 Å². The Bertz CT molecular complexity index is 302. The van der Waals surface area contributed by atoms with Crippen molar-refractivity contribution in [3.05, 3.63) is 0 Å². The predicted octanol–water partition coefficient (Wildman–Crippen LogP) is 1.74. The molecule has 6 atom stereocenters. The van der Waals surface area contributed by atoms with E-state index in [-0.39, 0.29) is 30.0 Å². The van der Waals surface area contributed by atoms with E-state index in [1.807, 2.05) is 6.92 Å². The number of hydrogen-bond donors (Lipinski definition) is 1. The molecule has 16 heavy (non-hydrogen) atoms. The van der Waals surface area contributed by atoms with Gasteiger partial charge < -0.3 is 9.84 Å². The summed E-state index contributed by atoms with van der Waals surface area (Å²) in [5.41, 5.74) is 0. The molecule has 2 aliphatic carbocycles. The van der Waals surface area contributed by atoms with Gasteiger partial charge in [-0.2, -0.15) is 0 Å². The van der Waals surface area contributed by atoms with Crippen molar-refractivity contribution in [2.75, 3.05) is 0 Å². The summed E-state index contributed by atoms with van der Waals surface area (Å²) in [4.78, 5) is 11.7. The molecule has 0 bridgehead atoms. The molecule has 90 valence electrons. The summed E-state index contributed by atoms with van der Waals surface area (Å²) in [6.07, 6.45) is 5.37. The van der Waals surface area contributed by atoms with Gasteiger partial charge in [-0.15, -0.1) is 0 Å². The molecule has 2 unspecified atom stereocenters. The zero-order chi connectivity index (χ0) is 11.3. The number of ether oxygens (including phenoxy) is 1. The minimum Gasteiger partial charge on any atom is -0.462 e. The third-order valence-corrected chi connectivity index (χ3v) is 4.97. The molecule has 3 aliphatic rings. The van der Waals surface area contributed by atoms with Gasteiger partial charge in [0, 0.05) is 5.92 Å². The normalized spacial score (nSPS) is 51.8. The Balaban J connectivity index is 1.86. The summed E-state index contributed by atoms with van der Waals surface area (Å²) in [6, 6.07) is 0. The highest BCUT2D eigenvalue weighted by atomic mass is 16.6. The summed E-state index contributed by atoms with van der Waals surface area (Å²) < 4.78 is 5.29. The van der Waals surface area contributed by atoms with Crippen molar-refractivity contribution in [3.8, 4) is 0 Å². The van der Waals surface area contributed by atoms with Crippen LogP contribution in [-0.4, -0.2) is 23.3 Å². The number of rotatable bonds is 0. The number of hydrogen-bond acceptors (Lipinski definition) is 3. The molecule has 0 spiro atoms. The first-order valence-electron chi connectivity index (χ1n) is 6.57. The lowest BCUT2D eigenvalue weighted by Crippen LogP contribution is -2.47. The Morgan fingerprint density at radius 1 is 1.31 bits per heavy atom. The second-order valence-electron chi connectivity index (χ2n) is 5.76. The van der Waals surface area contributed by atoms with E-state index in [2.05, 4.69) is 0 Å². The lowest BCUT2D eigenvalue weighted by Gasteiger charge is -2.44. The van der Waals surface area contributed by atoms with Crippen molar-refractivity contribution >= 4 is 5.97 Å². The Kier molecular flexibility index (Phi) is 2.46. The van der Waals surface area contributed by atoms with E-state index < -0.39 is 0 Å². The van der Waals surface area contributed by atoms with Gasteiger partial charge in [0.2, 0.25) is 0 Å². The highest BCUT2D eigenvalue weighted by molar-refractivity contribution is 5.75. The van der Waals surface area contributed by atoms with E-state index >= 15 is 0 Å². The van der Waals surface area contributed by atoms with Gasteiger partial charge in [0.15, 0.2) is 0 Å². The number of carbonyl (C=O) groups excluding carboxylic acids is 1. The van der Waals surface area contributed by atoms with Crippen LogP contribution in [0.1, 0.15) is 39.0 Å². The van der Waals surface area contributed by atoms with Gasteiger partial charge in [-0.3, -0.25) is 4.79 Å². The maximum Gasteiger partial charge on any atom is 0.309 e. The van der Waals surface area contributed by atoms with Gasteiger partial charge in [0.1, 0.15) is 6.10 Å². The minimum absolute atomic E-state index is 0.0238. The van der Waals surface area contributed by atoms with Crippen LogP contribution in [0.5, 0.6) is 0 Å². The molecule has 3 heteroatoms. The number of carbonyl (C=O) groups is 1. The van der Waals surface area contributed by atoms with E-state index in [1.54, 1.807) is 0 Å². The first-order valence-corrected chi connectivity index (χ1v) is 6.57. The number of aliphatic hydroxyl groups excluding tert-OH is 1. The van der Waals surface area contributed by atoms with Crippen LogP contribution in [0.15, 0.2) is 0 Å². The van der Waals surface area contributed by atoms with E-state index in [4.69, 9.17) is 4.74 Å². The molecule has 3 rings (SSSR count). The molecule has 1 heterocycles. The second kappa shape index (κ2) is 3.73. The molecule has 1 aliphatic heterocycles. The molecule has 3 nitrogen and oxygen atoms in total. The van der Waals surface area contributed by atoms with Gasteiger partial charge in [0.05, 0.1) is 12.0 Å². The standard InChI is InChI=1S/C13H20O3/c1-7-11-10(13(15)16-7)6-8-4-2-3-5-9(8)12(11)14/h7-12,14H,2-6H2,1H3/t7-,8?,9?,10-,11-,12+/m1/s1. The van der Waals surface area contributed by atoms with Gasteiger partial charge in [0.25, 0.3) is 0 Å². The molecular weight excluding hydrogens is 204 g/mol. The maximum absolute atomic E-state index is 11.7. The van der Waals surface area contributed by atoms with Crippen molar-refractivity contribution < 1.29 is 14.6 Å². The number of aliphatic hydroxyl groups is 1. The van der Waals surface area contributed by atoms with Gasteiger partial charge >= 0.3 is 5.97 Å². The molecule has 0 aromatic heterocycles. The molecule has 3 fully saturated rings. The zero-order valence-corrected chi connectivity index (χ0v) is 9.76. The van der Waals surface area contributed by atoms with Crippen LogP contribution in [-0.2, 0) is 9.53 Å². The quantitative estimate of drug-likeness (QED) is 0.637. The zero-order valence-electron chi connectivity index (χ0n) is 9.76. The first-order chi connectivity index (χ1) is 7.68. The average Bonchev–Trinajstić information content (AvgIpc) is 2.55. The summed E-state index contributed by atoms with van der Waals surface area (Å²) in [5.74, 6) is 0.951. The van der Waals surface area contributed by atoms with E-state index in [0.717, 1.165) is 12.8 Å².